The van der Waals surface area contributed by atoms with Crippen molar-refractivity contribution in [2.24, 2.45) is 4.99 Å². The van der Waals surface area contributed by atoms with Gasteiger partial charge in [-0.3, -0.25) is 4.79 Å². The summed E-state index contributed by atoms with van der Waals surface area (Å²) in [6.45, 7) is 6.31. The third kappa shape index (κ3) is 9.64. The Hall–Kier alpha value is -1.35. The van der Waals surface area contributed by atoms with Crippen molar-refractivity contribution in [2.45, 2.75) is 19.8 Å². The molecule has 0 aliphatic carbocycles. The second-order valence-corrected chi connectivity index (χ2v) is 6.07. The number of guanidine groups is 1. The van der Waals surface area contributed by atoms with E-state index in [1.165, 1.54) is 16.0 Å². The fraction of sp³-hybridized carbons (Fsp3) is 0.556. The smallest absolute Gasteiger partial charge is 0.243 e. The number of carbonyl (C=O) groups excluding carboxylic acids is 1. The second kappa shape index (κ2) is 12.9. The fourth-order valence-corrected chi connectivity index (χ4v) is 2.00. The van der Waals surface area contributed by atoms with Gasteiger partial charge in [-0.2, -0.15) is 0 Å². The number of carbonyl (C=O) groups is 1. The van der Waals surface area contributed by atoms with Crippen LogP contribution in [0.15, 0.2) is 29.3 Å². The highest BCUT2D eigenvalue weighted by molar-refractivity contribution is 14.0. The molecule has 142 valence electrons. The molecule has 0 aromatic heterocycles. The van der Waals surface area contributed by atoms with E-state index in [-0.39, 0.29) is 36.4 Å². The lowest BCUT2D eigenvalue weighted by molar-refractivity contribution is -0.127. The maximum Gasteiger partial charge on any atom is 0.243 e. The number of nitrogens with zero attached hydrogens (tertiary/aromatic N) is 2. The molecule has 1 amide bonds. The van der Waals surface area contributed by atoms with Gasteiger partial charge in [0, 0.05) is 34.3 Å². The van der Waals surface area contributed by atoms with Crippen LogP contribution in [0, 0.1) is 6.92 Å². The first-order valence-corrected chi connectivity index (χ1v) is 8.22. The van der Waals surface area contributed by atoms with Crippen LogP contribution >= 0.6 is 24.0 Å². The lowest BCUT2D eigenvalue weighted by Crippen LogP contribution is -2.41. The van der Waals surface area contributed by atoms with Gasteiger partial charge in [0.1, 0.15) is 6.54 Å². The molecular weight excluding hydrogens is 431 g/mol. The average molecular weight is 462 g/mol. The molecule has 0 bridgehead atoms. The Labute approximate surface area is 168 Å². The average Bonchev–Trinajstić information content (AvgIpc) is 2.56. The molecule has 1 rings (SSSR count). The number of rotatable bonds is 8. The van der Waals surface area contributed by atoms with Crippen molar-refractivity contribution >= 4 is 35.8 Å². The summed E-state index contributed by atoms with van der Waals surface area (Å²) in [5.41, 5.74) is 2.53. The number of halogens is 1. The van der Waals surface area contributed by atoms with Gasteiger partial charge in [-0.05, 0) is 18.4 Å². The zero-order valence-electron chi connectivity index (χ0n) is 15.8. The number of aryl methyl sites for hydroxylation is 1. The van der Waals surface area contributed by atoms with Crippen LogP contribution in [0.1, 0.15) is 24.0 Å². The third-order valence-electron chi connectivity index (χ3n) is 3.69. The first-order chi connectivity index (χ1) is 11.4. The SMILES string of the molecule is COCCNC(=NCC(=O)N(C)C)NCC(C)c1ccc(C)cc1.I. The maximum atomic E-state index is 11.7. The first-order valence-electron chi connectivity index (χ1n) is 8.22. The summed E-state index contributed by atoms with van der Waals surface area (Å²) in [5.74, 6) is 0.931. The molecule has 1 atom stereocenters. The summed E-state index contributed by atoms with van der Waals surface area (Å²) < 4.78 is 5.04. The van der Waals surface area contributed by atoms with Crippen LogP contribution < -0.4 is 10.6 Å². The van der Waals surface area contributed by atoms with Crippen molar-refractivity contribution in [1.29, 1.82) is 0 Å². The zero-order valence-corrected chi connectivity index (χ0v) is 18.2. The monoisotopic (exact) mass is 462 g/mol. The molecule has 0 spiro atoms. The fourth-order valence-electron chi connectivity index (χ4n) is 2.00. The largest absolute Gasteiger partial charge is 0.383 e. The van der Waals surface area contributed by atoms with Crippen molar-refractivity contribution in [3.63, 3.8) is 0 Å². The van der Waals surface area contributed by atoms with Crippen LogP contribution in [-0.2, 0) is 9.53 Å². The Bertz CT molecular complexity index is 532. The standard InChI is InChI=1S/C18H30N4O2.HI/c1-14-6-8-16(9-7-14)15(2)12-20-18(19-10-11-24-5)21-13-17(23)22(3)4;/h6-9,15H,10-13H2,1-5H3,(H2,19,20,21);1H. The van der Waals surface area contributed by atoms with Crippen LogP contribution in [0.4, 0.5) is 0 Å². The molecule has 0 fully saturated rings. The summed E-state index contributed by atoms with van der Waals surface area (Å²) in [5, 5.41) is 6.47. The van der Waals surface area contributed by atoms with Gasteiger partial charge in [-0.1, -0.05) is 36.8 Å². The van der Waals surface area contributed by atoms with Gasteiger partial charge in [0.2, 0.25) is 5.91 Å². The van der Waals surface area contributed by atoms with Crippen LogP contribution in [0.25, 0.3) is 0 Å². The lowest BCUT2D eigenvalue weighted by atomic mass is 10.0. The Kier molecular flexibility index (Phi) is 12.2. The van der Waals surface area contributed by atoms with Gasteiger partial charge < -0.3 is 20.3 Å². The highest BCUT2D eigenvalue weighted by atomic mass is 127. The quantitative estimate of drug-likeness (QED) is 0.269. The van der Waals surface area contributed by atoms with Gasteiger partial charge in [-0.15, -0.1) is 24.0 Å². The number of hydrogen-bond acceptors (Lipinski definition) is 3. The number of amides is 1. The lowest BCUT2D eigenvalue weighted by Gasteiger charge is -2.17. The third-order valence-corrected chi connectivity index (χ3v) is 3.69. The van der Waals surface area contributed by atoms with Crippen molar-refractivity contribution in [1.82, 2.24) is 15.5 Å². The van der Waals surface area contributed by atoms with Crippen LogP contribution in [0.2, 0.25) is 0 Å². The molecule has 0 heterocycles. The van der Waals surface area contributed by atoms with Crippen molar-refractivity contribution in [3.05, 3.63) is 35.4 Å². The zero-order chi connectivity index (χ0) is 17.9. The Morgan fingerprint density at radius 2 is 1.88 bits per heavy atom. The molecular formula is C18H31IN4O2. The number of benzene rings is 1. The van der Waals surface area contributed by atoms with Crippen molar-refractivity contribution in [2.75, 3.05) is 47.4 Å². The van der Waals surface area contributed by atoms with Crippen LogP contribution in [0.3, 0.4) is 0 Å². The number of nitrogens with one attached hydrogen (secondary N) is 2. The van der Waals surface area contributed by atoms with Gasteiger partial charge in [0.15, 0.2) is 5.96 Å². The summed E-state index contributed by atoms with van der Waals surface area (Å²) >= 11 is 0. The molecule has 1 aromatic rings. The predicted molar refractivity (Wildman–Crippen MR) is 114 cm³/mol. The maximum absolute atomic E-state index is 11.7. The Morgan fingerprint density at radius 3 is 2.44 bits per heavy atom. The van der Waals surface area contributed by atoms with Gasteiger partial charge in [0.05, 0.1) is 6.61 Å². The van der Waals surface area contributed by atoms with E-state index in [4.69, 9.17) is 4.74 Å². The van der Waals surface area contributed by atoms with Gasteiger partial charge >= 0.3 is 0 Å². The molecule has 0 saturated carbocycles. The molecule has 0 aliphatic heterocycles. The minimum atomic E-state index is -0.0329. The molecule has 0 radical (unpaired) electrons. The molecule has 6 nitrogen and oxygen atoms in total. The number of hydrogen-bond donors (Lipinski definition) is 2. The van der Waals surface area contributed by atoms with Crippen LogP contribution in [-0.4, -0.2) is 64.2 Å². The minimum Gasteiger partial charge on any atom is -0.383 e. The van der Waals surface area contributed by atoms with Crippen molar-refractivity contribution in [3.8, 4) is 0 Å². The Balaban J connectivity index is 0.00000576. The molecule has 1 unspecified atom stereocenters. The summed E-state index contributed by atoms with van der Waals surface area (Å²) in [6.07, 6.45) is 0. The van der Waals surface area contributed by atoms with E-state index in [9.17, 15) is 4.79 Å². The van der Waals surface area contributed by atoms with E-state index < -0.39 is 0 Å². The molecule has 1 aromatic carbocycles. The predicted octanol–water partition coefficient (Wildman–Crippen LogP) is 1.99. The Morgan fingerprint density at radius 1 is 1.24 bits per heavy atom. The summed E-state index contributed by atoms with van der Waals surface area (Å²) in [7, 11) is 5.10. The molecule has 0 aliphatic rings. The van der Waals surface area contributed by atoms with E-state index in [2.05, 4.69) is 53.7 Å². The summed E-state index contributed by atoms with van der Waals surface area (Å²) in [4.78, 5) is 17.6. The normalized spacial score (nSPS) is 12.1. The number of likely N-dealkylation sites (N-methyl/N-ethyl adjacent to an activating group) is 1. The molecule has 0 saturated heterocycles. The van der Waals surface area contributed by atoms with E-state index in [1.807, 2.05) is 0 Å². The number of ether oxygens (including phenoxy) is 1. The van der Waals surface area contributed by atoms with Gasteiger partial charge in [-0.25, -0.2) is 4.99 Å². The van der Waals surface area contributed by atoms with E-state index in [0.717, 1.165) is 6.54 Å². The molecule has 25 heavy (non-hydrogen) atoms. The van der Waals surface area contributed by atoms with Crippen LogP contribution in [0.5, 0.6) is 0 Å². The molecule has 2 N–H and O–H groups in total. The first kappa shape index (κ1) is 23.6. The number of methoxy groups -OCH3 is 1. The van der Waals surface area contributed by atoms with E-state index >= 15 is 0 Å². The number of aliphatic imine (C=N–C) groups is 1. The van der Waals surface area contributed by atoms with Crippen molar-refractivity contribution < 1.29 is 9.53 Å². The highest BCUT2D eigenvalue weighted by Crippen LogP contribution is 2.14. The van der Waals surface area contributed by atoms with Gasteiger partial charge in [0.25, 0.3) is 0 Å². The molecule has 7 heteroatoms. The summed E-state index contributed by atoms with van der Waals surface area (Å²) in [6, 6.07) is 8.53. The van der Waals surface area contributed by atoms with E-state index in [1.54, 1.807) is 21.2 Å². The van der Waals surface area contributed by atoms with E-state index in [0.29, 0.717) is 25.0 Å². The second-order valence-electron chi connectivity index (χ2n) is 6.07. The minimum absolute atomic E-state index is 0. The highest BCUT2D eigenvalue weighted by Gasteiger charge is 2.08. The topological polar surface area (TPSA) is 66.0 Å².